The summed E-state index contributed by atoms with van der Waals surface area (Å²) in [5.74, 6) is 0.166. The van der Waals surface area contributed by atoms with Crippen LogP contribution in [0.2, 0.25) is 0 Å². The highest BCUT2D eigenvalue weighted by Crippen LogP contribution is 2.14. The molecule has 2 fully saturated rings. The minimum absolute atomic E-state index is 0.166. The molecule has 6 nitrogen and oxygen atoms in total. The largest absolute Gasteiger partial charge is 0.392 e. The average molecular weight is 277 g/mol. The molecule has 0 aromatic carbocycles. The Balaban J connectivity index is 1.82. The van der Waals surface area contributed by atoms with E-state index in [1.165, 1.54) is 4.31 Å². The smallest absolute Gasteiger partial charge is 0.215 e. The van der Waals surface area contributed by atoms with Gasteiger partial charge >= 0.3 is 0 Å². The molecule has 0 bridgehead atoms. The molecule has 1 unspecified atom stereocenters. The molecule has 7 heteroatoms. The monoisotopic (exact) mass is 277 g/mol. The van der Waals surface area contributed by atoms with Crippen LogP contribution in [0.4, 0.5) is 0 Å². The standard InChI is InChI=1S/C11H23N3O3S/c15-11-2-1-5-14(10-11)18(16,17)9-8-13-6-3-12-4-7-13/h11-12,15H,1-10H2. The van der Waals surface area contributed by atoms with Crippen LogP contribution in [0.25, 0.3) is 0 Å². The first-order valence-electron chi connectivity index (χ1n) is 6.67. The molecule has 2 rings (SSSR count). The molecule has 2 aliphatic heterocycles. The second kappa shape index (κ2) is 6.29. The molecule has 0 aromatic heterocycles. The van der Waals surface area contributed by atoms with Crippen molar-refractivity contribution < 1.29 is 13.5 Å². The van der Waals surface area contributed by atoms with E-state index in [0.29, 0.717) is 19.5 Å². The van der Waals surface area contributed by atoms with Gasteiger partial charge in [0.1, 0.15) is 0 Å². The van der Waals surface area contributed by atoms with Crippen LogP contribution < -0.4 is 5.32 Å². The topological polar surface area (TPSA) is 72.9 Å². The first kappa shape index (κ1) is 14.2. The van der Waals surface area contributed by atoms with E-state index in [-0.39, 0.29) is 12.3 Å². The van der Waals surface area contributed by atoms with Gasteiger partial charge in [-0.25, -0.2) is 8.42 Å². The number of aliphatic hydroxyl groups is 1. The summed E-state index contributed by atoms with van der Waals surface area (Å²) >= 11 is 0. The number of aliphatic hydroxyl groups excluding tert-OH is 1. The van der Waals surface area contributed by atoms with E-state index in [9.17, 15) is 13.5 Å². The lowest BCUT2D eigenvalue weighted by Gasteiger charge is -2.31. The maximum absolute atomic E-state index is 12.1. The van der Waals surface area contributed by atoms with Gasteiger partial charge in [-0.15, -0.1) is 0 Å². The third-order valence-electron chi connectivity index (χ3n) is 3.63. The second-order valence-electron chi connectivity index (χ2n) is 5.06. The predicted octanol–water partition coefficient (Wildman–Crippen LogP) is -1.32. The zero-order chi connectivity index (χ0) is 13.0. The summed E-state index contributed by atoms with van der Waals surface area (Å²) in [6, 6.07) is 0. The van der Waals surface area contributed by atoms with Gasteiger partial charge in [-0.1, -0.05) is 0 Å². The Morgan fingerprint density at radius 2 is 1.94 bits per heavy atom. The molecule has 2 N–H and O–H groups in total. The number of piperidine rings is 1. The first-order chi connectivity index (χ1) is 8.58. The molecule has 18 heavy (non-hydrogen) atoms. The molecule has 2 heterocycles. The number of β-amino-alcohol motifs (C(OH)–C–C–N with tert-alkyl or cyclic N) is 1. The molecule has 0 saturated carbocycles. The molecule has 0 amide bonds. The quantitative estimate of drug-likeness (QED) is 0.667. The highest BCUT2D eigenvalue weighted by Gasteiger charge is 2.28. The van der Waals surface area contributed by atoms with E-state index < -0.39 is 16.1 Å². The molecule has 2 saturated heterocycles. The van der Waals surface area contributed by atoms with Crippen LogP contribution in [-0.2, 0) is 10.0 Å². The van der Waals surface area contributed by atoms with Crippen molar-refractivity contribution >= 4 is 10.0 Å². The van der Waals surface area contributed by atoms with Gasteiger partial charge in [-0.2, -0.15) is 4.31 Å². The normalized spacial score (nSPS) is 28.4. The van der Waals surface area contributed by atoms with E-state index in [0.717, 1.165) is 32.6 Å². The van der Waals surface area contributed by atoms with Crippen LogP contribution in [0.3, 0.4) is 0 Å². The van der Waals surface area contributed by atoms with E-state index in [1.807, 2.05) is 0 Å². The second-order valence-corrected chi connectivity index (χ2v) is 7.15. The molecular formula is C11H23N3O3S. The molecular weight excluding hydrogens is 254 g/mol. The minimum atomic E-state index is -3.20. The summed E-state index contributed by atoms with van der Waals surface area (Å²) in [4.78, 5) is 2.18. The van der Waals surface area contributed by atoms with Gasteiger partial charge in [-0.3, -0.25) is 4.90 Å². The number of rotatable bonds is 4. The van der Waals surface area contributed by atoms with Gasteiger partial charge in [0.15, 0.2) is 0 Å². The lowest BCUT2D eigenvalue weighted by molar-refractivity contribution is 0.108. The predicted molar refractivity (Wildman–Crippen MR) is 69.9 cm³/mol. The van der Waals surface area contributed by atoms with E-state index in [4.69, 9.17) is 0 Å². The van der Waals surface area contributed by atoms with Crippen LogP contribution in [0, 0.1) is 0 Å². The van der Waals surface area contributed by atoms with Crippen molar-refractivity contribution in [1.82, 2.24) is 14.5 Å². The highest BCUT2D eigenvalue weighted by atomic mass is 32.2. The van der Waals surface area contributed by atoms with Crippen molar-refractivity contribution in [3.8, 4) is 0 Å². The zero-order valence-corrected chi connectivity index (χ0v) is 11.5. The van der Waals surface area contributed by atoms with Gasteiger partial charge in [-0.05, 0) is 12.8 Å². The first-order valence-corrected chi connectivity index (χ1v) is 8.28. The number of nitrogens with one attached hydrogen (secondary N) is 1. The summed E-state index contributed by atoms with van der Waals surface area (Å²) in [5.41, 5.74) is 0. The van der Waals surface area contributed by atoms with Crippen LogP contribution in [0.5, 0.6) is 0 Å². The van der Waals surface area contributed by atoms with Gasteiger partial charge in [0.05, 0.1) is 11.9 Å². The molecule has 0 spiro atoms. The number of hydrogen-bond acceptors (Lipinski definition) is 5. The van der Waals surface area contributed by atoms with Crippen molar-refractivity contribution in [2.75, 3.05) is 51.6 Å². The van der Waals surface area contributed by atoms with Crippen LogP contribution in [-0.4, -0.2) is 80.4 Å². The van der Waals surface area contributed by atoms with Crippen molar-refractivity contribution in [2.45, 2.75) is 18.9 Å². The SMILES string of the molecule is O=S(=O)(CCN1CCNCC1)N1CCCC(O)C1. The summed E-state index contributed by atoms with van der Waals surface area (Å²) in [5, 5.41) is 12.8. The number of nitrogens with zero attached hydrogens (tertiary/aromatic N) is 2. The van der Waals surface area contributed by atoms with E-state index in [2.05, 4.69) is 10.2 Å². The van der Waals surface area contributed by atoms with Crippen LogP contribution in [0.1, 0.15) is 12.8 Å². The molecule has 1 atom stereocenters. The van der Waals surface area contributed by atoms with Gasteiger partial charge in [0, 0.05) is 45.8 Å². The Bertz CT molecular complexity index is 355. The fourth-order valence-corrected chi connectivity index (χ4v) is 4.04. The maximum atomic E-state index is 12.1. The Kier molecular flexibility index (Phi) is 4.97. The van der Waals surface area contributed by atoms with Crippen LogP contribution in [0.15, 0.2) is 0 Å². The average Bonchev–Trinajstić information content (AvgIpc) is 2.38. The lowest BCUT2D eigenvalue weighted by atomic mass is 10.1. The van der Waals surface area contributed by atoms with Gasteiger partial charge < -0.3 is 10.4 Å². The Hall–Kier alpha value is -0.210. The molecule has 0 aliphatic carbocycles. The fourth-order valence-electron chi connectivity index (χ4n) is 2.48. The van der Waals surface area contributed by atoms with Crippen LogP contribution >= 0.6 is 0 Å². The van der Waals surface area contributed by atoms with E-state index >= 15 is 0 Å². The summed E-state index contributed by atoms with van der Waals surface area (Å²) in [7, 11) is -3.20. The number of piperazine rings is 1. The molecule has 2 aliphatic rings. The summed E-state index contributed by atoms with van der Waals surface area (Å²) in [6.07, 6.45) is 0.977. The lowest BCUT2D eigenvalue weighted by Crippen LogP contribution is -2.48. The fraction of sp³-hybridized carbons (Fsp3) is 1.00. The Labute approximate surface area is 109 Å². The molecule has 106 valence electrons. The maximum Gasteiger partial charge on any atom is 0.215 e. The van der Waals surface area contributed by atoms with Gasteiger partial charge in [0.25, 0.3) is 0 Å². The summed E-state index contributed by atoms with van der Waals surface area (Å²) < 4.78 is 25.7. The molecule has 0 radical (unpaired) electrons. The number of hydrogen-bond donors (Lipinski definition) is 2. The number of sulfonamides is 1. The third kappa shape index (κ3) is 3.89. The summed E-state index contributed by atoms with van der Waals surface area (Å²) in [6.45, 7) is 5.11. The van der Waals surface area contributed by atoms with Crippen molar-refractivity contribution in [3.63, 3.8) is 0 Å². The Morgan fingerprint density at radius 1 is 1.22 bits per heavy atom. The van der Waals surface area contributed by atoms with Crippen molar-refractivity contribution in [1.29, 1.82) is 0 Å². The van der Waals surface area contributed by atoms with E-state index in [1.54, 1.807) is 0 Å². The van der Waals surface area contributed by atoms with Gasteiger partial charge in [0.2, 0.25) is 10.0 Å². The molecule has 0 aromatic rings. The minimum Gasteiger partial charge on any atom is -0.392 e. The Morgan fingerprint density at radius 3 is 2.61 bits per heavy atom. The van der Waals surface area contributed by atoms with Crippen molar-refractivity contribution in [3.05, 3.63) is 0 Å². The third-order valence-corrected chi connectivity index (χ3v) is 5.44. The highest BCUT2D eigenvalue weighted by molar-refractivity contribution is 7.89. The van der Waals surface area contributed by atoms with Crippen molar-refractivity contribution in [2.24, 2.45) is 0 Å². The zero-order valence-electron chi connectivity index (χ0n) is 10.7.